The fraction of sp³-hybridized carbons (Fsp3) is 0.286. The second-order valence-electron chi connectivity index (χ2n) is 6.44. The van der Waals surface area contributed by atoms with Crippen molar-refractivity contribution in [3.63, 3.8) is 0 Å². The summed E-state index contributed by atoms with van der Waals surface area (Å²) >= 11 is 23.4. The molecule has 0 aliphatic carbocycles. The molecule has 0 aliphatic rings. The molecule has 174 valence electrons. The van der Waals surface area contributed by atoms with E-state index in [4.69, 9.17) is 55.9 Å². The minimum absolute atomic E-state index is 0.0676. The van der Waals surface area contributed by atoms with Gasteiger partial charge < -0.3 is 14.4 Å². The Morgan fingerprint density at radius 3 is 2.16 bits per heavy atom. The molecule has 11 heteroatoms. The molecule has 0 radical (unpaired) electrons. The predicted molar refractivity (Wildman–Crippen MR) is 121 cm³/mol. The Bertz CT molecular complexity index is 939. The molecule has 0 bridgehead atoms. The first-order valence-corrected chi connectivity index (χ1v) is 10.7. The summed E-state index contributed by atoms with van der Waals surface area (Å²) in [5.74, 6) is 0.326. The maximum Gasteiger partial charge on any atom is 0.416 e. The molecule has 4 nitrogen and oxygen atoms in total. The van der Waals surface area contributed by atoms with Crippen molar-refractivity contribution in [1.29, 1.82) is 0 Å². The number of carbonyl (C=O) groups is 1. The zero-order chi connectivity index (χ0) is 23.9. The van der Waals surface area contributed by atoms with Gasteiger partial charge in [0.1, 0.15) is 16.8 Å². The van der Waals surface area contributed by atoms with Gasteiger partial charge in [0.25, 0.3) is 0 Å². The number of benzene rings is 2. The van der Waals surface area contributed by atoms with E-state index in [0.717, 1.165) is 12.1 Å². The van der Waals surface area contributed by atoms with Crippen molar-refractivity contribution in [1.82, 2.24) is 0 Å². The zero-order valence-electron chi connectivity index (χ0n) is 16.7. The van der Waals surface area contributed by atoms with Crippen LogP contribution in [-0.4, -0.2) is 25.7 Å². The molecule has 0 unspecified atom stereocenters. The molecule has 0 saturated carbocycles. The van der Waals surface area contributed by atoms with Crippen molar-refractivity contribution in [3.05, 3.63) is 62.6 Å². The van der Waals surface area contributed by atoms with Crippen LogP contribution in [0.5, 0.6) is 11.5 Å². The molecule has 0 atom stereocenters. The highest BCUT2D eigenvalue weighted by Gasteiger charge is 2.30. The standard InChI is InChI=1S/C21H18Cl4F3NO3/c1-13(30)29(15-5-3-14(4-6-15)21(26,27)28)8-2-9-32-20-17(22)11-16(12-18(20)23)31-10-7-19(24)25/h3-7,11-12H,2,8-10H2,1H3. The summed E-state index contributed by atoms with van der Waals surface area (Å²) in [6, 6.07) is 7.41. The van der Waals surface area contributed by atoms with Crippen LogP contribution in [0.3, 0.4) is 0 Å². The second-order valence-corrected chi connectivity index (χ2v) is 8.26. The average Bonchev–Trinajstić information content (AvgIpc) is 2.68. The number of anilines is 1. The molecule has 0 aromatic heterocycles. The summed E-state index contributed by atoms with van der Waals surface area (Å²) in [5.41, 5.74) is -0.430. The van der Waals surface area contributed by atoms with Gasteiger partial charge >= 0.3 is 6.18 Å². The number of alkyl halides is 3. The lowest BCUT2D eigenvalue weighted by molar-refractivity contribution is -0.137. The molecule has 0 aliphatic heterocycles. The van der Waals surface area contributed by atoms with Crippen LogP contribution < -0.4 is 14.4 Å². The monoisotopic (exact) mass is 529 g/mol. The first kappa shape index (κ1) is 26.5. The Balaban J connectivity index is 1.95. The van der Waals surface area contributed by atoms with Gasteiger partial charge in [0.15, 0.2) is 5.75 Å². The SMILES string of the molecule is CC(=O)N(CCCOc1c(Cl)cc(OCC=C(Cl)Cl)cc1Cl)c1ccc(C(F)(F)F)cc1. The van der Waals surface area contributed by atoms with E-state index >= 15 is 0 Å². The summed E-state index contributed by atoms with van der Waals surface area (Å²) in [6.45, 7) is 1.84. The molecule has 0 saturated heterocycles. The fourth-order valence-electron chi connectivity index (χ4n) is 2.65. The smallest absolute Gasteiger partial charge is 0.416 e. The van der Waals surface area contributed by atoms with Crippen LogP contribution in [0.25, 0.3) is 0 Å². The second kappa shape index (κ2) is 11.9. The summed E-state index contributed by atoms with van der Waals surface area (Å²) in [4.78, 5) is 13.3. The molecular formula is C21H18Cl4F3NO3. The first-order valence-electron chi connectivity index (χ1n) is 9.20. The van der Waals surface area contributed by atoms with Crippen LogP contribution in [-0.2, 0) is 11.0 Å². The topological polar surface area (TPSA) is 38.8 Å². The van der Waals surface area contributed by atoms with Gasteiger partial charge in [-0.1, -0.05) is 46.4 Å². The van der Waals surface area contributed by atoms with E-state index in [1.807, 2.05) is 0 Å². The maximum atomic E-state index is 12.7. The molecule has 2 rings (SSSR count). The summed E-state index contributed by atoms with van der Waals surface area (Å²) < 4.78 is 49.3. The van der Waals surface area contributed by atoms with Gasteiger partial charge in [0.05, 0.1) is 22.2 Å². The minimum Gasteiger partial charge on any atom is -0.490 e. The van der Waals surface area contributed by atoms with Gasteiger partial charge in [0.2, 0.25) is 5.91 Å². The van der Waals surface area contributed by atoms with Crippen molar-refractivity contribution < 1.29 is 27.4 Å². The van der Waals surface area contributed by atoms with Crippen LogP contribution >= 0.6 is 46.4 Å². The molecule has 0 heterocycles. The van der Waals surface area contributed by atoms with E-state index in [1.165, 1.54) is 42.2 Å². The van der Waals surface area contributed by atoms with Gasteiger partial charge in [-0.15, -0.1) is 0 Å². The van der Waals surface area contributed by atoms with Gasteiger partial charge in [0, 0.05) is 31.3 Å². The number of carbonyl (C=O) groups excluding carboxylic acids is 1. The van der Waals surface area contributed by atoms with Gasteiger partial charge in [-0.05, 0) is 36.8 Å². The third-order valence-electron chi connectivity index (χ3n) is 4.12. The molecule has 0 N–H and O–H groups in total. The average molecular weight is 531 g/mol. The van der Waals surface area contributed by atoms with Crippen molar-refractivity contribution in [2.45, 2.75) is 19.5 Å². The normalized spacial score (nSPS) is 11.1. The number of rotatable bonds is 9. The largest absolute Gasteiger partial charge is 0.490 e. The Morgan fingerprint density at radius 2 is 1.66 bits per heavy atom. The summed E-state index contributed by atoms with van der Waals surface area (Å²) in [7, 11) is 0. The lowest BCUT2D eigenvalue weighted by Crippen LogP contribution is -2.30. The summed E-state index contributed by atoms with van der Waals surface area (Å²) in [6.07, 6.45) is -2.61. The quantitative estimate of drug-likeness (QED) is 0.314. The highest BCUT2D eigenvalue weighted by atomic mass is 35.5. The molecule has 0 spiro atoms. The molecule has 32 heavy (non-hydrogen) atoms. The number of halogens is 7. The van der Waals surface area contributed by atoms with E-state index in [-0.39, 0.29) is 46.0 Å². The highest BCUT2D eigenvalue weighted by Crippen LogP contribution is 2.37. The predicted octanol–water partition coefficient (Wildman–Crippen LogP) is 7.53. The Hall–Kier alpha value is -1.80. The van der Waals surface area contributed by atoms with E-state index in [2.05, 4.69) is 0 Å². The lowest BCUT2D eigenvalue weighted by Gasteiger charge is -2.22. The highest BCUT2D eigenvalue weighted by molar-refractivity contribution is 6.55. The van der Waals surface area contributed by atoms with Crippen molar-refractivity contribution in [3.8, 4) is 11.5 Å². The van der Waals surface area contributed by atoms with Crippen LogP contribution in [0.1, 0.15) is 18.9 Å². The molecule has 2 aromatic rings. The number of ether oxygens (including phenoxy) is 2. The first-order chi connectivity index (χ1) is 15.0. The van der Waals surface area contributed by atoms with Crippen molar-refractivity contribution >= 4 is 58.0 Å². The number of amides is 1. The Kier molecular flexibility index (Phi) is 9.83. The van der Waals surface area contributed by atoms with Crippen LogP contribution in [0.2, 0.25) is 10.0 Å². The van der Waals surface area contributed by atoms with E-state index in [1.54, 1.807) is 0 Å². The molecule has 2 aromatic carbocycles. The fourth-order valence-corrected chi connectivity index (χ4v) is 3.36. The van der Waals surface area contributed by atoms with Crippen LogP contribution in [0.4, 0.5) is 18.9 Å². The van der Waals surface area contributed by atoms with Crippen molar-refractivity contribution in [2.75, 3.05) is 24.7 Å². The molecular weight excluding hydrogens is 513 g/mol. The van der Waals surface area contributed by atoms with Crippen LogP contribution in [0.15, 0.2) is 47.0 Å². The Labute approximate surface area is 203 Å². The minimum atomic E-state index is -4.44. The van der Waals surface area contributed by atoms with Gasteiger partial charge in [-0.2, -0.15) is 13.2 Å². The van der Waals surface area contributed by atoms with Gasteiger partial charge in [-0.3, -0.25) is 4.79 Å². The Morgan fingerprint density at radius 1 is 1.06 bits per heavy atom. The summed E-state index contributed by atoms with van der Waals surface area (Å²) in [5, 5.41) is 0.444. The number of hydrogen-bond acceptors (Lipinski definition) is 3. The van der Waals surface area contributed by atoms with E-state index < -0.39 is 11.7 Å². The zero-order valence-corrected chi connectivity index (χ0v) is 19.7. The lowest BCUT2D eigenvalue weighted by atomic mass is 10.2. The number of hydrogen-bond donors (Lipinski definition) is 0. The van der Waals surface area contributed by atoms with E-state index in [0.29, 0.717) is 17.9 Å². The molecule has 1 amide bonds. The molecule has 0 fully saturated rings. The van der Waals surface area contributed by atoms with Crippen LogP contribution in [0, 0.1) is 0 Å². The third kappa shape index (κ3) is 7.96. The number of nitrogens with zero attached hydrogens (tertiary/aromatic N) is 1. The van der Waals surface area contributed by atoms with E-state index in [9.17, 15) is 18.0 Å². The van der Waals surface area contributed by atoms with Gasteiger partial charge in [-0.25, -0.2) is 0 Å². The maximum absolute atomic E-state index is 12.7. The van der Waals surface area contributed by atoms with Crippen molar-refractivity contribution in [2.24, 2.45) is 0 Å². The third-order valence-corrected chi connectivity index (χ3v) is 4.99.